The maximum Gasteiger partial charge on any atom is 0.253 e. The molecule has 2 aromatic carbocycles. The van der Waals surface area contributed by atoms with Gasteiger partial charge in [-0.05, 0) is 44.2 Å². The summed E-state index contributed by atoms with van der Waals surface area (Å²) in [5.41, 5.74) is 3.38. The molecule has 1 aromatic heterocycles. The minimum absolute atomic E-state index is 0.112. The molecule has 1 aliphatic heterocycles. The SMILES string of the molecule is CC1CN(c2cnc3cc(C(=O)N(C)C)cc(C(C)Nc4cccc(F)c4)c3n2)CCO1. The summed E-state index contributed by atoms with van der Waals surface area (Å²) < 4.78 is 19.3. The van der Waals surface area contributed by atoms with Crippen LogP contribution in [0.5, 0.6) is 0 Å². The average Bonchev–Trinajstić information content (AvgIpc) is 2.77. The second kappa shape index (κ2) is 9.08. The van der Waals surface area contributed by atoms with Crippen LogP contribution < -0.4 is 10.2 Å². The first kappa shape index (κ1) is 22.0. The first-order valence-corrected chi connectivity index (χ1v) is 10.7. The van der Waals surface area contributed by atoms with Crippen LogP contribution in [0.2, 0.25) is 0 Å². The number of nitrogens with zero attached hydrogens (tertiary/aromatic N) is 4. The lowest BCUT2D eigenvalue weighted by Gasteiger charge is -2.32. The summed E-state index contributed by atoms with van der Waals surface area (Å²) in [6.07, 6.45) is 1.87. The van der Waals surface area contributed by atoms with Gasteiger partial charge in [-0.3, -0.25) is 9.78 Å². The number of amides is 1. The van der Waals surface area contributed by atoms with Gasteiger partial charge in [-0.15, -0.1) is 0 Å². The van der Waals surface area contributed by atoms with E-state index in [-0.39, 0.29) is 23.9 Å². The van der Waals surface area contributed by atoms with Crippen molar-refractivity contribution in [1.82, 2.24) is 14.9 Å². The first-order chi connectivity index (χ1) is 15.3. The number of halogens is 1. The Labute approximate surface area is 187 Å². The third kappa shape index (κ3) is 4.65. The van der Waals surface area contributed by atoms with Crippen molar-refractivity contribution in [1.29, 1.82) is 0 Å². The summed E-state index contributed by atoms with van der Waals surface area (Å²) in [6, 6.07) is 9.70. The minimum Gasteiger partial charge on any atom is -0.378 e. The predicted molar refractivity (Wildman–Crippen MR) is 124 cm³/mol. The standard InChI is InChI=1S/C24H28FN5O2/c1-15-14-30(8-9-32-15)22-13-26-21-11-17(24(31)29(3)4)10-20(23(21)28-22)16(2)27-19-7-5-6-18(25)12-19/h5-7,10-13,15-16,27H,8-9,14H2,1-4H3. The second-order valence-corrected chi connectivity index (χ2v) is 8.36. The Hall–Kier alpha value is -3.26. The molecular weight excluding hydrogens is 409 g/mol. The van der Waals surface area contributed by atoms with Gasteiger partial charge in [0.2, 0.25) is 0 Å². The van der Waals surface area contributed by atoms with Crippen LogP contribution >= 0.6 is 0 Å². The van der Waals surface area contributed by atoms with Crippen LogP contribution in [0.3, 0.4) is 0 Å². The van der Waals surface area contributed by atoms with Gasteiger partial charge in [-0.1, -0.05) is 6.07 Å². The van der Waals surface area contributed by atoms with Gasteiger partial charge in [-0.25, -0.2) is 9.37 Å². The Kier molecular flexibility index (Phi) is 6.23. The van der Waals surface area contributed by atoms with Gasteiger partial charge in [0.25, 0.3) is 5.91 Å². The molecule has 3 aromatic rings. The van der Waals surface area contributed by atoms with Gasteiger partial charge < -0.3 is 19.9 Å². The maximum absolute atomic E-state index is 13.7. The second-order valence-electron chi connectivity index (χ2n) is 8.36. The molecule has 0 bridgehead atoms. The Morgan fingerprint density at radius 1 is 1.31 bits per heavy atom. The molecule has 1 amide bonds. The van der Waals surface area contributed by atoms with E-state index in [0.717, 1.165) is 24.5 Å². The van der Waals surface area contributed by atoms with Gasteiger partial charge in [0.1, 0.15) is 11.6 Å². The van der Waals surface area contributed by atoms with Gasteiger partial charge in [0, 0.05) is 44.0 Å². The Balaban J connectivity index is 1.78. The fourth-order valence-electron chi connectivity index (χ4n) is 3.93. The monoisotopic (exact) mass is 437 g/mol. The van der Waals surface area contributed by atoms with Crippen molar-refractivity contribution in [2.45, 2.75) is 26.0 Å². The van der Waals surface area contributed by atoms with Crippen LogP contribution in [0.1, 0.15) is 35.8 Å². The highest BCUT2D eigenvalue weighted by molar-refractivity contribution is 5.98. The van der Waals surface area contributed by atoms with Gasteiger partial charge >= 0.3 is 0 Å². The molecule has 1 fully saturated rings. The van der Waals surface area contributed by atoms with Crippen LogP contribution in [0.4, 0.5) is 15.9 Å². The van der Waals surface area contributed by atoms with Crippen molar-refractivity contribution < 1.29 is 13.9 Å². The van der Waals surface area contributed by atoms with E-state index in [1.807, 2.05) is 26.0 Å². The van der Waals surface area contributed by atoms with E-state index in [9.17, 15) is 9.18 Å². The molecule has 2 unspecified atom stereocenters. The molecule has 0 radical (unpaired) electrons. The zero-order chi connectivity index (χ0) is 22.8. The molecule has 0 spiro atoms. The fourth-order valence-corrected chi connectivity index (χ4v) is 3.93. The van der Waals surface area contributed by atoms with Gasteiger partial charge in [0.05, 0.1) is 36.0 Å². The molecular formula is C24H28FN5O2. The number of aromatic nitrogens is 2. The lowest BCUT2D eigenvalue weighted by molar-refractivity contribution is 0.0529. The van der Waals surface area contributed by atoms with Crippen LogP contribution in [0.15, 0.2) is 42.6 Å². The number of ether oxygens (including phenoxy) is 1. The lowest BCUT2D eigenvalue weighted by Crippen LogP contribution is -2.41. The van der Waals surface area contributed by atoms with E-state index in [4.69, 9.17) is 9.72 Å². The third-order valence-electron chi connectivity index (χ3n) is 5.56. The van der Waals surface area contributed by atoms with Crippen LogP contribution in [0.25, 0.3) is 11.0 Å². The van der Waals surface area contributed by atoms with Gasteiger partial charge in [-0.2, -0.15) is 0 Å². The zero-order valence-electron chi connectivity index (χ0n) is 18.8. The van der Waals surface area contributed by atoms with E-state index in [0.29, 0.717) is 28.9 Å². The molecule has 7 nitrogen and oxygen atoms in total. The average molecular weight is 438 g/mol. The molecule has 168 valence electrons. The van der Waals surface area contributed by atoms with E-state index < -0.39 is 0 Å². The topological polar surface area (TPSA) is 70.6 Å². The molecule has 1 aliphatic rings. The van der Waals surface area contributed by atoms with E-state index in [2.05, 4.69) is 15.2 Å². The number of morpholine rings is 1. The van der Waals surface area contributed by atoms with Crippen molar-refractivity contribution in [3.63, 3.8) is 0 Å². The maximum atomic E-state index is 13.7. The molecule has 0 saturated carbocycles. The van der Waals surface area contributed by atoms with Crippen molar-refractivity contribution in [2.24, 2.45) is 0 Å². The number of carbonyl (C=O) groups is 1. The highest BCUT2D eigenvalue weighted by Gasteiger charge is 2.22. The molecule has 2 atom stereocenters. The molecule has 8 heteroatoms. The molecule has 4 rings (SSSR count). The van der Waals surface area contributed by atoms with Crippen LogP contribution in [-0.2, 0) is 4.74 Å². The minimum atomic E-state index is -0.313. The summed E-state index contributed by atoms with van der Waals surface area (Å²) in [4.78, 5) is 26.0. The van der Waals surface area contributed by atoms with E-state index >= 15 is 0 Å². The van der Waals surface area contributed by atoms with Crippen molar-refractivity contribution in [3.05, 3.63) is 59.5 Å². The van der Waals surface area contributed by atoms with E-state index in [1.165, 1.54) is 17.0 Å². The summed E-state index contributed by atoms with van der Waals surface area (Å²) in [6.45, 7) is 6.13. The van der Waals surface area contributed by atoms with Crippen molar-refractivity contribution in [2.75, 3.05) is 44.0 Å². The fraction of sp³-hybridized carbons (Fsp3) is 0.375. The third-order valence-corrected chi connectivity index (χ3v) is 5.56. The summed E-state index contributed by atoms with van der Waals surface area (Å²) in [5.74, 6) is 0.352. The largest absolute Gasteiger partial charge is 0.378 e. The molecule has 32 heavy (non-hydrogen) atoms. The molecule has 0 aliphatic carbocycles. The lowest BCUT2D eigenvalue weighted by atomic mass is 10.0. The summed E-state index contributed by atoms with van der Waals surface area (Å²) in [5, 5.41) is 3.33. The van der Waals surface area contributed by atoms with E-state index in [1.54, 1.807) is 32.4 Å². The highest BCUT2D eigenvalue weighted by Crippen LogP contribution is 2.29. The quantitative estimate of drug-likeness (QED) is 0.654. The summed E-state index contributed by atoms with van der Waals surface area (Å²) in [7, 11) is 3.43. The van der Waals surface area contributed by atoms with Crippen molar-refractivity contribution in [3.8, 4) is 0 Å². The zero-order valence-corrected chi connectivity index (χ0v) is 18.8. The first-order valence-electron chi connectivity index (χ1n) is 10.7. The molecule has 1 saturated heterocycles. The number of nitrogens with one attached hydrogen (secondary N) is 1. The van der Waals surface area contributed by atoms with Gasteiger partial charge in [0.15, 0.2) is 0 Å². The number of benzene rings is 2. The molecule has 1 N–H and O–H groups in total. The van der Waals surface area contributed by atoms with Crippen LogP contribution in [0, 0.1) is 5.82 Å². The Morgan fingerprint density at radius 3 is 2.84 bits per heavy atom. The predicted octanol–water partition coefficient (Wildman–Crippen LogP) is 3.87. The smallest absolute Gasteiger partial charge is 0.253 e. The number of rotatable bonds is 5. The summed E-state index contributed by atoms with van der Waals surface area (Å²) >= 11 is 0. The normalized spacial score (nSPS) is 17.3. The number of hydrogen-bond acceptors (Lipinski definition) is 6. The Morgan fingerprint density at radius 2 is 2.12 bits per heavy atom. The van der Waals surface area contributed by atoms with Crippen molar-refractivity contribution >= 4 is 28.4 Å². The number of hydrogen-bond donors (Lipinski definition) is 1. The number of anilines is 2. The Bertz CT molecular complexity index is 1140. The number of fused-ring (bicyclic) bond motifs is 1. The van der Waals surface area contributed by atoms with Crippen LogP contribution in [-0.4, -0.2) is 60.7 Å². The highest BCUT2D eigenvalue weighted by atomic mass is 19.1. The number of carbonyl (C=O) groups excluding carboxylic acids is 1. The molecule has 2 heterocycles.